The quantitative estimate of drug-likeness (QED) is 0.887. The predicted molar refractivity (Wildman–Crippen MR) is 76.0 cm³/mol. The fraction of sp³-hybridized carbons (Fsp3) is 0.500. The Labute approximate surface area is 121 Å². The van der Waals surface area contributed by atoms with Gasteiger partial charge in [-0.05, 0) is 24.8 Å². The van der Waals surface area contributed by atoms with Crippen LogP contribution in [0.1, 0.15) is 35.9 Å². The Morgan fingerprint density at radius 1 is 1.38 bits per heavy atom. The van der Waals surface area contributed by atoms with E-state index in [9.17, 15) is 9.59 Å². The van der Waals surface area contributed by atoms with Gasteiger partial charge in [0.2, 0.25) is 0 Å². The molecule has 1 N–H and O–H groups in total. The van der Waals surface area contributed by atoms with Crippen LogP contribution in [0.5, 0.6) is 0 Å². The lowest BCUT2D eigenvalue weighted by Gasteiger charge is -2.22. The minimum atomic E-state index is -0.341. The first-order valence-electron chi connectivity index (χ1n) is 6.97. The lowest BCUT2D eigenvalue weighted by atomic mass is 9.96. The van der Waals surface area contributed by atoms with E-state index in [1.54, 1.807) is 7.05 Å². The van der Waals surface area contributed by atoms with E-state index in [-0.39, 0.29) is 24.0 Å². The van der Waals surface area contributed by atoms with E-state index in [1.165, 1.54) is 23.2 Å². The average molecular weight is 290 g/mol. The van der Waals surface area contributed by atoms with Gasteiger partial charge in [0.15, 0.2) is 0 Å². The fourth-order valence-corrected chi connectivity index (χ4v) is 2.69. The molecule has 21 heavy (non-hydrogen) atoms. The number of hydrogen-bond donors (Lipinski definition) is 1. The normalized spacial score (nSPS) is 17.7. The first-order chi connectivity index (χ1) is 10.1. The Morgan fingerprint density at radius 3 is 3.00 bits per heavy atom. The topological polar surface area (TPSA) is 81.9 Å². The maximum atomic E-state index is 11.9. The molecule has 7 heteroatoms. The first kappa shape index (κ1) is 13.8. The van der Waals surface area contributed by atoms with Crippen molar-refractivity contribution in [2.75, 3.05) is 0 Å². The van der Waals surface area contributed by atoms with Crippen LogP contribution < -0.4 is 11.2 Å². The molecule has 3 rings (SSSR count). The second-order valence-electron chi connectivity index (χ2n) is 5.38. The lowest BCUT2D eigenvalue weighted by Crippen LogP contribution is -2.38. The van der Waals surface area contributed by atoms with Crippen molar-refractivity contribution in [1.82, 2.24) is 19.3 Å². The molecule has 0 radical (unpaired) electrons. The Balaban J connectivity index is 1.81. The summed E-state index contributed by atoms with van der Waals surface area (Å²) in [7, 11) is 3.11. The minimum absolute atomic E-state index is 0.0598. The number of aromatic nitrogens is 4. The van der Waals surface area contributed by atoms with E-state index < -0.39 is 0 Å². The van der Waals surface area contributed by atoms with Crippen molar-refractivity contribution >= 4 is 0 Å². The second kappa shape index (κ2) is 5.33. The number of hydrogen-bond acceptors (Lipinski definition) is 4. The summed E-state index contributed by atoms with van der Waals surface area (Å²) in [5.41, 5.74) is 2.11. The zero-order valence-corrected chi connectivity index (χ0v) is 12.1. The monoisotopic (exact) mass is 290 g/mol. The van der Waals surface area contributed by atoms with Crippen LogP contribution in [0.15, 0.2) is 21.9 Å². The second-order valence-corrected chi connectivity index (χ2v) is 5.38. The molecule has 7 nitrogen and oxygen atoms in total. The Morgan fingerprint density at radius 2 is 2.19 bits per heavy atom. The smallest absolute Gasteiger partial charge is 0.330 e. The standard InChI is InChI=1S/C14H18N4O3/c1-17-10(6-12(19)18(2)14(17)20)8-21-11-5-3-4-9-7-15-16-13(9)11/h6-7,11H,3-5,8H2,1-2H3,(H,15,16)/t11-/m0/s1. The third-order valence-corrected chi connectivity index (χ3v) is 4.04. The summed E-state index contributed by atoms with van der Waals surface area (Å²) >= 11 is 0. The molecule has 2 aromatic heterocycles. The molecule has 112 valence electrons. The molecule has 0 fully saturated rings. The number of nitrogens with one attached hydrogen (secondary N) is 1. The summed E-state index contributed by atoms with van der Waals surface area (Å²) in [5.74, 6) is 0. The number of rotatable bonds is 3. The highest BCUT2D eigenvalue weighted by atomic mass is 16.5. The highest BCUT2D eigenvalue weighted by Crippen LogP contribution is 2.31. The van der Waals surface area contributed by atoms with E-state index in [4.69, 9.17) is 4.74 Å². The molecule has 0 aliphatic heterocycles. The van der Waals surface area contributed by atoms with Crippen molar-refractivity contribution in [1.29, 1.82) is 0 Å². The molecule has 2 heterocycles. The van der Waals surface area contributed by atoms with Crippen molar-refractivity contribution in [2.24, 2.45) is 14.1 Å². The molecule has 1 atom stereocenters. The molecule has 0 aromatic carbocycles. The van der Waals surface area contributed by atoms with Crippen LogP contribution in [-0.4, -0.2) is 19.3 Å². The lowest BCUT2D eigenvalue weighted by molar-refractivity contribution is 0.0220. The number of H-pyrrole nitrogens is 1. The van der Waals surface area contributed by atoms with Gasteiger partial charge in [-0.3, -0.25) is 19.0 Å². The van der Waals surface area contributed by atoms with E-state index in [0.717, 1.165) is 29.5 Å². The average Bonchev–Trinajstić information content (AvgIpc) is 2.96. The minimum Gasteiger partial charge on any atom is -0.366 e. The number of ether oxygens (including phenoxy) is 1. The van der Waals surface area contributed by atoms with Crippen LogP contribution in [0.4, 0.5) is 0 Å². The van der Waals surface area contributed by atoms with Gasteiger partial charge in [0.05, 0.1) is 30.3 Å². The van der Waals surface area contributed by atoms with Gasteiger partial charge in [0.1, 0.15) is 0 Å². The molecule has 0 unspecified atom stereocenters. The summed E-state index contributed by atoms with van der Waals surface area (Å²) in [5, 5.41) is 7.03. The molecule has 0 saturated carbocycles. The predicted octanol–water partition coefficient (Wildman–Crippen LogP) is 0.401. The molecule has 0 spiro atoms. The summed E-state index contributed by atoms with van der Waals surface area (Å²) in [6.07, 6.45) is 4.74. The highest BCUT2D eigenvalue weighted by Gasteiger charge is 2.23. The van der Waals surface area contributed by atoms with Gasteiger partial charge in [-0.15, -0.1) is 0 Å². The van der Waals surface area contributed by atoms with Gasteiger partial charge in [-0.2, -0.15) is 5.10 Å². The van der Waals surface area contributed by atoms with E-state index in [0.29, 0.717) is 5.69 Å². The number of fused-ring (bicyclic) bond motifs is 1. The van der Waals surface area contributed by atoms with Gasteiger partial charge in [0.25, 0.3) is 5.56 Å². The molecular formula is C14H18N4O3. The molecule has 0 saturated heterocycles. The molecule has 1 aliphatic rings. The first-order valence-corrected chi connectivity index (χ1v) is 6.97. The van der Waals surface area contributed by atoms with Crippen LogP contribution in [0, 0.1) is 0 Å². The van der Waals surface area contributed by atoms with E-state index in [1.807, 2.05) is 6.20 Å². The van der Waals surface area contributed by atoms with Crippen molar-refractivity contribution in [3.8, 4) is 0 Å². The molecule has 0 amide bonds. The molecule has 2 aromatic rings. The summed E-state index contributed by atoms with van der Waals surface area (Å²) in [6, 6.07) is 1.44. The van der Waals surface area contributed by atoms with E-state index >= 15 is 0 Å². The summed E-state index contributed by atoms with van der Waals surface area (Å²) in [4.78, 5) is 23.6. The Hall–Kier alpha value is -2.15. The maximum absolute atomic E-state index is 11.9. The maximum Gasteiger partial charge on any atom is 0.330 e. The summed E-state index contributed by atoms with van der Waals surface area (Å²) in [6.45, 7) is 0.227. The number of nitrogens with zero attached hydrogens (tertiary/aromatic N) is 3. The zero-order valence-electron chi connectivity index (χ0n) is 12.1. The van der Waals surface area contributed by atoms with Gasteiger partial charge < -0.3 is 4.74 Å². The van der Waals surface area contributed by atoms with Crippen LogP contribution in [0.25, 0.3) is 0 Å². The van der Waals surface area contributed by atoms with Crippen molar-refractivity contribution in [3.63, 3.8) is 0 Å². The molecular weight excluding hydrogens is 272 g/mol. The van der Waals surface area contributed by atoms with Crippen LogP contribution in [0.2, 0.25) is 0 Å². The van der Waals surface area contributed by atoms with Crippen LogP contribution >= 0.6 is 0 Å². The third kappa shape index (κ3) is 2.44. The van der Waals surface area contributed by atoms with Crippen LogP contribution in [0.3, 0.4) is 0 Å². The summed E-state index contributed by atoms with van der Waals surface area (Å²) < 4.78 is 8.43. The fourth-order valence-electron chi connectivity index (χ4n) is 2.69. The SMILES string of the molecule is Cn1c(CO[C@H]2CCCc3cn[nH]c32)cc(=O)n(C)c1=O. The number of aryl methyl sites for hydroxylation is 1. The largest absolute Gasteiger partial charge is 0.366 e. The molecule has 1 aliphatic carbocycles. The van der Waals surface area contributed by atoms with Gasteiger partial charge in [-0.1, -0.05) is 0 Å². The van der Waals surface area contributed by atoms with Crippen LogP contribution in [-0.2, 0) is 31.9 Å². The number of aromatic amines is 1. The zero-order chi connectivity index (χ0) is 15.0. The van der Waals surface area contributed by atoms with Gasteiger partial charge in [0, 0.05) is 20.2 Å². The third-order valence-electron chi connectivity index (χ3n) is 4.04. The van der Waals surface area contributed by atoms with Gasteiger partial charge in [-0.25, -0.2) is 4.79 Å². The van der Waals surface area contributed by atoms with Crippen molar-refractivity contribution in [2.45, 2.75) is 32.0 Å². The van der Waals surface area contributed by atoms with E-state index in [2.05, 4.69) is 10.2 Å². The van der Waals surface area contributed by atoms with Gasteiger partial charge >= 0.3 is 5.69 Å². The Kier molecular flexibility index (Phi) is 3.50. The highest BCUT2D eigenvalue weighted by molar-refractivity contribution is 5.21. The Bertz CT molecular complexity index is 771. The van der Waals surface area contributed by atoms with Crippen molar-refractivity contribution < 1.29 is 4.74 Å². The molecule has 0 bridgehead atoms. The van der Waals surface area contributed by atoms with Crippen molar-refractivity contribution in [3.05, 3.63) is 50.1 Å².